The largest absolute Gasteiger partial charge is 0.495 e. The molecule has 0 radical (unpaired) electrons. The van der Waals surface area contributed by atoms with Gasteiger partial charge in [-0.1, -0.05) is 18.2 Å². The summed E-state index contributed by atoms with van der Waals surface area (Å²) in [7, 11) is -2.50. The van der Waals surface area contributed by atoms with Gasteiger partial charge in [-0.25, -0.2) is 17.9 Å². The lowest BCUT2D eigenvalue weighted by molar-refractivity contribution is 0.0319. The number of aromatic amines is 1. The lowest BCUT2D eigenvalue weighted by Crippen LogP contribution is -2.27. The molecule has 1 atom stereocenters. The van der Waals surface area contributed by atoms with Crippen LogP contribution in [0.3, 0.4) is 0 Å². The summed E-state index contributed by atoms with van der Waals surface area (Å²) in [6.07, 6.45) is 2.07. The van der Waals surface area contributed by atoms with Gasteiger partial charge in [-0.15, -0.1) is 0 Å². The topological polar surface area (TPSA) is 115 Å². The number of nitrogens with one attached hydrogen (secondary N) is 2. The summed E-state index contributed by atoms with van der Waals surface area (Å²) in [5, 5.41) is 0.736. The van der Waals surface area contributed by atoms with Crippen molar-refractivity contribution in [3.8, 4) is 5.75 Å². The van der Waals surface area contributed by atoms with Crippen LogP contribution in [0.5, 0.6) is 5.75 Å². The van der Waals surface area contributed by atoms with Crippen LogP contribution in [0.2, 0.25) is 0 Å². The average molecular weight is 442 g/mol. The van der Waals surface area contributed by atoms with Gasteiger partial charge in [0.25, 0.3) is 0 Å². The van der Waals surface area contributed by atoms with Crippen LogP contribution in [0.15, 0.2) is 53.6 Å². The predicted molar refractivity (Wildman–Crippen MR) is 114 cm³/mol. The van der Waals surface area contributed by atoms with Crippen molar-refractivity contribution in [2.24, 2.45) is 0 Å². The molecule has 2 aromatic carbocycles. The molecule has 0 spiro atoms. The number of para-hydroxylation sites is 1. The van der Waals surface area contributed by atoms with Gasteiger partial charge in [0.2, 0.25) is 15.8 Å². The third-order valence-corrected chi connectivity index (χ3v) is 6.64. The van der Waals surface area contributed by atoms with E-state index in [4.69, 9.17) is 9.47 Å². The maximum absolute atomic E-state index is 12.8. The van der Waals surface area contributed by atoms with Crippen LogP contribution >= 0.6 is 0 Å². The molecule has 1 aliphatic rings. The number of hydrogen-bond acceptors (Lipinski definition) is 6. The SMILES string of the molecule is COc1ccc(C(=O)O[C@@H](C)C(=O)c2c[nH]c3ccccc23)cc1S(=O)(=O)NC1CC1. The van der Waals surface area contributed by atoms with E-state index < -0.39 is 22.1 Å². The number of esters is 1. The zero-order chi connectivity index (χ0) is 22.2. The molecule has 9 heteroatoms. The Bertz CT molecular complexity index is 1260. The third kappa shape index (κ3) is 4.33. The van der Waals surface area contributed by atoms with Gasteiger partial charge >= 0.3 is 5.97 Å². The molecule has 1 aromatic heterocycles. The van der Waals surface area contributed by atoms with Crippen LogP contribution in [0.1, 0.15) is 40.5 Å². The van der Waals surface area contributed by atoms with E-state index in [1.165, 1.54) is 32.2 Å². The number of ketones is 1. The van der Waals surface area contributed by atoms with E-state index in [9.17, 15) is 18.0 Å². The smallest absolute Gasteiger partial charge is 0.338 e. The third-order valence-electron chi connectivity index (χ3n) is 5.10. The number of sulfonamides is 1. The molecular weight excluding hydrogens is 420 g/mol. The minimum absolute atomic E-state index is 0.00977. The molecule has 1 fully saturated rings. The van der Waals surface area contributed by atoms with Crippen LogP contribution < -0.4 is 9.46 Å². The molecule has 0 bridgehead atoms. The minimum Gasteiger partial charge on any atom is -0.495 e. The number of fused-ring (bicyclic) bond motifs is 1. The van der Waals surface area contributed by atoms with Crippen molar-refractivity contribution in [1.29, 1.82) is 0 Å². The number of methoxy groups -OCH3 is 1. The van der Waals surface area contributed by atoms with Crippen LogP contribution in [-0.4, -0.2) is 44.4 Å². The standard InChI is InChI=1S/C22H22N2O6S/c1-13(21(25)17-12-23-18-6-4-3-5-16(17)18)30-22(26)14-7-10-19(29-2)20(11-14)31(27,28)24-15-8-9-15/h3-7,10-13,15,23-24H,8-9H2,1-2H3/t13-/m0/s1. The van der Waals surface area contributed by atoms with Gasteiger partial charge in [-0.3, -0.25) is 4.79 Å². The van der Waals surface area contributed by atoms with E-state index >= 15 is 0 Å². The molecule has 8 nitrogen and oxygen atoms in total. The number of carbonyl (C=O) groups is 2. The Balaban J connectivity index is 1.55. The number of Topliss-reactive ketones (excluding diaryl/α,β-unsaturated/α-hetero) is 1. The number of H-pyrrole nitrogens is 1. The summed E-state index contributed by atoms with van der Waals surface area (Å²) in [6, 6.07) is 11.2. The molecule has 0 amide bonds. The second kappa shape index (κ2) is 8.16. The van der Waals surface area contributed by atoms with E-state index in [2.05, 4.69) is 9.71 Å². The Kier molecular flexibility index (Phi) is 5.55. The molecule has 162 valence electrons. The summed E-state index contributed by atoms with van der Waals surface area (Å²) >= 11 is 0. The summed E-state index contributed by atoms with van der Waals surface area (Å²) < 4.78 is 38.4. The van der Waals surface area contributed by atoms with Gasteiger partial charge < -0.3 is 14.5 Å². The van der Waals surface area contributed by atoms with Crippen molar-refractivity contribution in [1.82, 2.24) is 9.71 Å². The first-order chi connectivity index (χ1) is 14.8. The fourth-order valence-corrected chi connectivity index (χ4v) is 4.77. The summed E-state index contributed by atoms with van der Waals surface area (Å²) in [5.74, 6) is -1.04. The van der Waals surface area contributed by atoms with Crippen LogP contribution in [-0.2, 0) is 14.8 Å². The minimum atomic E-state index is -3.85. The Morgan fingerprint density at radius 3 is 2.61 bits per heavy atom. The molecule has 3 aromatic rings. The molecule has 0 unspecified atom stereocenters. The molecule has 0 aliphatic heterocycles. The van der Waals surface area contributed by atoms with Gasteiger partial charge in [0.05, 0.1) is 12.7 Å². The molecule has 0 saturated heterocycles. The number of rotatable bonds is 8. The quantitative estimate of drug-likeness (QED) is 0.409. The Morgan fingerprint density at radius 1 is 1.16 bits per heavy atom. The second-order valence-electron chi connectivity index (χ2n) is 7.42. The number of ether oxygens (including phenoxy) is 2. The van der Waals surface area contributed by atoms with E-state index in [0.717, 1.165) is 23.7 Å². The van der Waals surface area contributed by atoms with Crippen molar-refractivity contribution in [2.45, 2.75) is 36.8 Å². The Labute approximate surface area is 179 Å². The van der Waals surface area contributed by atoms with Crippen molar-refractivity contribution in [3.63, 3.8) is 0 Å². The maximum Gasteiger partial charge on any atom is 0.338 e. The molecule has 1 saturated carbocycles. The van der Waals surface area contributed by atoms with Gasteiger partial charge in [0.15, 0.2) is 6.10 Å². The summed E-state index contributed by atoms with van der Waals surface area (Å²) in [4.78, 5) is 28.4. The molecule has 1 aliphatic carbocycles. The van der Waals surface area contributed by atoms with Crippen molar-refractivity contribution < 1.29 is 27.5 Å². The van der Waals surface area contributed by atoms with Crippen LogP contribution in [0.25, 0.3) is 10.9 Å². The van der Waals surface area contributed by atoms with Crippen molar-refractivity contribution in [2.75, 3.05) is 7.11 Å². The molecular formula is C22H22N2O6S. The summed E-state index contributed by atoms with van der Waals surface area (Å²) in [5.41, 5.74) is 1.23. The van der Waals surface area contributed by atoms with E-state index in [-0.39, 0.29) is 28.0 Å². The number of benzene rings is 2. The average Bonchev–Trinajstić information content (AvgIpc) is 3.46. The fourth-order valence-electron chi connectivity index (χ4n) is 3.27. The highest BCUT2D eigenvalue weighted by Crippen LogP contribution is 2.29. The first-order valence-electron chi connectivity index (χ1n) is 9.82. The highest BCUT2D eigenvalue weighted by molar-refractivity contribution is 7.89. The highest BCUT2D eigenvalue weighted by Gasteiger charge is 2.31. The van der Waals surface area contributed by atoms with Gasteiger partial charge in [0.1, 0.15) is 10.6 Å². The molecule has 31 heavy (non-hydrogen) atoms. The molecule has 1 heterocycles. The first kappa shape index (κ1) is 21.1. The lowest BCUT2D eigenvalue weighted by atomic mass is 10.1. The maximum atomic E-state index is 12.8. The van der Waals surface area contributed by atoms with Gasteiger partial charge in [-0.2, -0.15) is 0 Å². The highest BCUT2D eigenvalue weighted by atomic mass is 32.2. The van der Waals surface area contributed by atoms with Crippen molar-refractivity contribution in [3.05, 3.63) is 59.8 Å². The number of aromatic nitrogens is 1. The van der Waals surface area contributed by atoms with Crippen LogP contribution in [0, 0.1) is 0 Å². The Hall–Kier alpha value is -3.17. The fraction of sp³-hybridized carbons (Fsp3) is 0.273. The molecule has 2 N–H and O–H groups in total. The van der Waals surface area contributed by atoms with E-state index in [1.807, 2.05) is 18.2 Å². The monoisotopic (exact) mass is 442 g/mol. The van der Waals surface area contributed by atoms with Gasteiger partial charge in [0, 0.05) is 28.7 Å². The zero-order valence-corrected chi connectivity index (χ0v) is 17.9. The summed E-state index contributed by atoms with van der Waals surface area (Å²) in [6.45, 7) is 1.48. The normalized spacial score (nSPS) is 14.9. The lowest BCUT2D eigenvalue weighted by Gasteiger charge is -2.14. The number of hydrogen-bond donors (Lipinski definition) is 2. The molecule has 4 rings (SSSR count). The Morgan fingerprint density at radius 2 is 1.90 bits per heavy atom. The van der Waals surface area contributed by atoms with E-state index in [1.54, 1.807) is 12.3 Å². The first-order valence-corrected chi connectivity index (χ1v) is 11.3. The second-order valence-corrected chi connectivity index (χ2v) is 9.10. The van der Waals surface area contributed by atoms with Crippen LogP contribution in [0.4, 0.5) is 0 Å². The van der Waals surface area contributed by atoms with E-state index in [0.29, 0.717) is 5.56 Å². The van der Waals surface area contributed by atoms with Gasteiger partial charge in [-0.05, 0) is 44.0 Å². The van der Waals surface area contributed by atoms with Crippen molar-refractivity contribution >= 4 is 32.7 Å². The predicted octanol–water partition coefficient (Wildman–Crippen LogP) is 3.05. The number of carbonyl (C=O) groups excluding carboxylic acids is 2. The zero-order valence-electron chi connectivity index (χ0n) is 17.0.